The van der Waals surface area contributed by atoms with E-state index >= 15 is 0 Å². The number of hydrogen-bond donors (Lipinski definition) is 4. The Morgan fingerprint density at radius 3 is 2.33 bits per heavy atom. The molecule has 4 N–H and O–H groups in total. The first-order valence-electron chi connectivity index (χ1n) is 3.52. The number of alkyl halides is 1. The Labute approximate surface area is 68.0 Å². The average Bonchev–Trinajstić information content (AvgIpc) is 2.32. The predicted octanol–water partition coefficient (Wildman–Crippen LogP) is -2.24. The van der Waals surface area contributed by atoms with Crippen LogP contribution in [0.15, 0.2) is 0 Å². The Kier molecular flexibility index (Phi) is 2.97. The van der Waals surface area contributed by atoms with E-state index in [-0.39, 0.29) is 0 Å². The van der Waals surface area contributed by atoms with Gasteiger partial charge in [-0.15, -0.1) is 0 Å². The zero-order valence-electron chi connectivity index (χ0n) is 6.17. The first-order valence-corrected chi connectivity index (χ1v) is 3.52. The first-order chi connectivity index (χ1) is 5.57. The summed E-state index contributed by atoms with van der Waals surface area (Å²) in [6.07, 6.45) is -7.90. The highest BCUT2D eigenvalue weighted by atomic mass is 18.2. The van der Waals surface area contributed by atoms with E-state index < -0.39 is 37.4 Å². The van der Waals surface area contributed by atoms with Crippen LogP contribution in [0.25, 0.3) is 0 Å². The number of rotatable bonds is 2. The summed E-state index contributed by atoms with van der Waals surface area (Å²) in [4.78, 5) is 0. The maximum Gasteiger partial charge on any atom is 0.189 e. The smallest absolute Gasteiger partial charge is 0.189 e. The second-order valence-electron chi connectivity index (χ2n) is 2.68. The van der Waals surface area contributed by atoms with Crippen LogP contribution in [0, 0.1) is 0 Å². The molecule has 0 amide bonds. The van der Waals surface area contributed by atoms with Crippen molar-refractivity contribution in [3.05, 3.63) is 0 Å². The van der Waals surface area contributed by atoms with E-state index in [1.807, 2.05) is 0 Å². The monoisotopic (exact) mass is 181 g/mol. The van der Waals surface area contributed by atoms with Crippen molar-refractivity contribution in [2.75, 3.05) is 6.61 Å². The van der Waals surface area contributed by atoms with Crippen molar-refractivity contribution < 1.29 is 29.6 Å². The summed E-state index contributed by atoms with van der Waals surface area (Å²) in [5.41, 5.74) is 0. The van der Waals surface area contributed by atoms with Crippen molar-refractivity contribution in [3.8, 4) is 0 Å². The summed E-state index contributed by atoms with van der Waals surface area (Å²) in [5.74, 6) is 0. The minimum Gasteiger partial charge on any atom is -0.394 e. The van der Waals surface area contributed by atoms with Gasteiger partial charge in [-0.25, -0.2) is 4.39 Å². The maximum absolute atomic E-state index is 12.6. The van der Waals surface area contributed by atoms with E-state index in [4.69, 9.17) is 20.4 Å². The standard InChI is InChI=1S/C6H11FO5/c7-3-4(10)5(2(9)1-8)12-6(3)11/h2-6,8-11H,1H2/t2-,3-,4-,5-,6-/m1/s1/i7-1. The molecule has 1 heterocycles. The summed E-state index contributed by atoms with van der Waals surface area (Å²) in [5, 5.41) is 35.1. The third kappa shape index (κ3) is 1.57. The maximum atomic E-state index is 12.6. The number of hydrogen-bond acceptors (Lipinski definition) is 5. The van der Waals surface area contributed by atoms with Crippen LogP contribution >= 0.6 is 0 Å². The molecule has 1 rings (SSSR count). The van der Waals surface area contributed by atoms with Gasteiger partial charge in [0, 0.05) is 0 Å². The van der Waals surface area contributed by atoms with Gasteiger partial charge in [0.05, 0.1) is 6.61 Å². The van der Waals surface area contributed by atoms with Gasteiger partial charge in [0.25, 0.3) is 0 Å². The molecule has 1 aliphatic heterocycles. The fourth-order valence-electron chi connectivity index (χ4n) is 1.09. The summed E-state index contributed by atoms with van der Waals surface area (Å²) in [7, 11) is 0. The van der Waals surface area contributed by atoms with Gasteiger partial charge in [-0.3, -0.25) is 0 Å². The Hall–Kier alpha value is -0.270. The molecule has 0 saturated carbocycles. The molecular formula is C6H11FO5. The average molecular weight is 181 g/mol. The predicted molar refractivity (Wildman–Crippen MR) is 34.9 cm³/mol. The van der Waals surface area contributed by atoms with Gasteiger partial charge in [-0.2, -0.15) is 0 Å². The molecular weight excluding hydrogens is 170 g/mol. The van der Waals surface area contributed by atoms with Crippen LogP contribution in [0.5, 0.6) is 0 Å². The lowest BCUT2D eigenvalue weighted by molar-refractivity contribution is -0.143. The molecule has 5 atom stereocenters. The van der Waals surface area contributed by atoms with Gasteiger partial charge in [-0.05, 0) is 0 Å². The molecule has 6 heteroatoms. The van der Waals surface area contributed by atoms with Crippen LogP contribution in [-0.2, 0) is 4.74 Å². The van der Waals surface area contributed by atoms with Crippen molar-refractivity contribution in [2.24, 2.45) is 0 Å². The second kappa shape index (κ2) is 3.63. The fraction of sp³-hybridized carbons (Fsp3) is 1.00. The van der Waals surface area contributed by atoms with E-state index in [1.54, 1.807) is 0 Å². The summed E-state index contributed by atoms with van der Waals surface area (Å²) >= 11 is 0. The molecule has 0 aromatic rings. The zero-order chi connectivity index (χ0) is 9.30. The van der Waals surface area contributed by atoms with E-state index in [9.17, 15) is 4.39 Å². The van der Waals surface area contributed by atoms with Gasteiger partial charge in [0.1, 0.15) is 18.3 Å². The van der Waals surface area contributed by atoms with Crippen LogP contribution in [0.3, 0.4) is 0 Å². The van der Waals surface area contributed by atoms with Crippen LogP contribution < -0.4 is 0 Å². The van der Waals surface area contributed by atoms with Crippen molar-refractivity contribution in [1.29, 1.82) is 0 Å². The Balaban J connectivity index is 2.58. The molecule has 12 heavy (non-hydrogen) atoms. The van der Waals surface area contributed by atoms with E-state index in [0.29, 0.717) is 0 Å². The lowest BCUT2D eigenvalue weighted by Crippen LogP contribution is -2.39. The van der Waals surface area contributed by atoms with Crippen molar-refractivity contribution in [3.63, 3.8) is 0 Å². The number of aliphatic hydroxyl groups is 4. The van der Waals surface area contributed by atoms with Crippen LogP contribution in [0.1, 0.15) is 0 Å². The molecule has 1 fully saturated rings. The lowest BCUT2D eigenvalue weighted by Gasteiger charge is -2.17. The quantitative estimate of drug-likeness (QED) is 0.386. The third-order valence-corrected chi connectivity index (χ3v) is 1.80. The van der Waals surface area contributed by atoms with E-state index in [0.717, 1.165) is 0 Å². The fourth-order valence-corrected chi connectivity index (χ4v) is 1.09. The van der Waals surface area contributed by atoms with Crippen LogP contribution in [0.2, 0.25) is 0 Å². The van der Waals surface area contributed by atoms with Crippen molar-refractivity contribution >= 4 is 0 Å². The summed E-state index contributed by atoms with van der Waals surface area (Å²) in [6, 6.07) is 0. The Bertz CT molecular complexity index is 155. The molecule has 0 unspecified atom stereocenters. The van der Waals surface area contributed by atoms with Gasteiger partial charge < -0.3 is 25.2 Å². The molecule has 5 nitrogen and oxygen atoms in total. The minimum absolute atomic E-state index is 0.652. The largest absolute Gasteiger partial charge is 0.394 e. The van der Waals surface area contributed by atoms with Gasteiger partial charge >= 0.3 is 0 Å². The molecule has 0 aromatic heterocycles. The molecule has 0 aromatic carbocycles. The molecule has 1 aliphatic rings. The van der Waals surface area contributed by atoms with Crippen molar-refractivity contribution in [1.82, 2.24) is 0 Å². The summed E-state index contributed by atoms with van der Waals surface area (Å²) in [6.45, 7) is -0.652. The topological polar surface area (TPSA) is 90.2 Å². The zero-order valence-corrected chi connectivity index (χ0v) is 6.17. The van der Waals surface area contributed by atoms with Crippen LogP contribution in [0.4, 0.5) is 4.39 Å². The molecule has 0 bridgehead atoms. The number of aliphatic hydroxyl groups excluding tert-OH is 4. The minimum atomic E-state index is -1.93. The van der Waals surface area contributed by atoms with Gasteiger partial charge in [-0.1, -0.05) is 0 Å². The van der Waals surface area contributed by atoms with E-state index in [1.165, 1.54) is 0 Å². The van der Waals surface area contributed by atoms with Crippen molar-refractivity contribution in [2.45, 2.75) is 30.8 Å². The van der Waals surface area contributed by atoms with Crippen LogP contribution in [-0.4, -0.2) is 57.8 Å². The normalized spacial score (nSPS) is 44.8. The molecule has 0 aliphatic carbocycles. The highest BCUT2D eigenvalue weighted by molar-refractivity contribution is 4.89. The summed E-state index contributed by atoms with van der Waals surface area (Å²) < 4.78 is 17.1. The Morgan fingerprint density at radius 1 is 1.42 bits per heavy atom. The third-order valence-electron chi connectivity index (χ3n) is 1.80. The molecule has 0 radical (unpaired) electrons. The molecule has 0 spiro atoms. The van der Waals surface area contributed by atoms with Gasteiger partial charge in [0.15, 0.2) is 12.5 Å². The number of halogens is 1. The highest BCUT2D eigenvalue weighted by Crippen LogP contribution is 2.24. The van der Waals surface area contributed by atoms with Gasteiger partial charge in [0.2, 0.25) is 0 Å². The highest BCUT2D eigenvalue weighted by Gasteiger charge is 2.46. The second-order valence-corrected chi connectivity index (χ2v) is 2.68. The molecule has 1 saturated heterocycles. The SMILES string of the molecule is OC[C@@H](O)[C@H]1O[C@@H](O)[C@H]([18F])[C@H]1O. The first kappa shape index (κ1) is 9.82. The Morgan fingerprint density at radius 2 is 2.00 bits per heavy atom. The van der Waals surface area contributed by atoms with E-state index in [2.05, 4.69) is 4.74 Å². The molecule has 72 valence electrons. The lowest BCUT2D eigenvalue weighted by atomic mass is 10.1. The number of ether oxygens (including phenoxy) is 1.